The third-order valence-corrected chi connectivity index (χ3v) is 23.4. The van der Waals surface area contributed by atoms with Gasteiger partial charge in [-0.15, -0.1) is 0 Å². The number of nitrogens with two attached hydrogens (primary N) is 2. The second kappa shape index (κ2) is 38.2. The first kappa shape index (κ1) is 88.4. The number of amides is 1. The van der Waals surface area contributed by atoms with Crippen molar-refractivity contribution in [3.8, 4) is 17.2 Å². The number of nitrogen functional groups attached to an aromatic ring is 1. The van der Waals surface area contributed by atoms with Crippen LogP contribution in [0.3, 0.4) is 0 Å². The summed E-state index contributed by atoms with van der Waals surface area (Å²) in [5, 5.41) is 15.7. The van der Waals surface area contributed by atoms with Crippen LogP contribution < -0.4 is 57.6 Å². The Morgan fingerprint density at radius 3 is 1.21 bits per heavy atom. The van der Waals surface area contributed by atoms with E-state index >= 15 is 0 Å². The van der Waals surface area contributed by atoms with Crippen molar-refractivity contribution in [1.82, 2.24) is 35.2 Å². The van der Waals surface area contributed by atoms with Crippen molar-refractivity contribution in [1.29, 1.82) is 0 Å². The maximum Gasteiger partial charge on any atom is 0.471 e. The number of rotatable bonds is 25. The van der Waals surface area contributed by atoms with Gasteiger partial charge in [0.25, 0.3) is 0 Å². The minimum atomic E-state index is -4.99. The number of anilines is 11. The summed E-state index contributed by atoms with van der Waals surface area (Å²) >= 11 is 24.3. The fourth-order valence-corrected chi connectivity index (χ4v) is 13.7. The fourth-order valence-electron chi connectivity index (χ4n) is 9.57. The molecule has 0 unspecified atom stereocenters. The summed E-state index contributed by atoms with van der Waals surface area (Å²) in [7, 11) is -6.19. The number of benzene rings is 6. The lowest BCUT2D eigenvalue weighted by molar-refractivity contribution is -0.173. The van der Waals surface area contributed by atoms with E-state index in [1.165, 1.54) is 51.0 Å². The van der Waals surface area contributed by atoms with E-state index in [2.05, 4.69) is 56.5 Å². The lowest BCUT2D eigenvalue weighted by Crippen LogP contribution is -2.36. The van der Waals surface area contributed by atoms with Crippen LogP contribution in [-0.4, -0.2) is 116 Å². The Kier molecular flexibility index (Phi) is 31.0. The molecule has 9 rings (SSSR count). The highest BCUT2D eigenvalue weighted by atomic mass is 35.5. The number of ether oxygens (including phenoxy) is 3. The SMILES string of the molecule is CC(C)S(=O)(=O)c1ccccc1Nc1nc(Cl)ncc1Cl.COc1cc(CCC(=O)C(F)(F)F)c(C)cc1N.COc1cc(CN)c(C)cc1Nc1ncc(Cl)c(Nc2ccccc2S(=O)(=O)C(C)C)n1.COc1cc(CNC(=O)C(F)(F)F)c(C)cc1Nc1ncc(Cl)c(Nc2ccccc2S(=O)(=O)C(C)C)n1. The molecule has 0 aliphatic carbocycles. The van der Waals surface area contributed by atoms with Crippen LogP contribution in [0, 0.1) is 20.8 Å². The molecule has 109 heavy (non-hydrogen) atoms. The number of hydrogen-bond donors (Lipinski definition) is 8. The zero-order valence-corrected chi connectivity index (χ0v) is 66.0. The van der Waals surface area contributed by atoms with E-state index in [1.54, 1.807) is 141 Å². The van der Waals surface area contributed by atoms with Crippen molar-refractivity contribution in [2.45, 2.75) is 131 Å². The van der Waals surface area contributed by atoms with Crippen molar-refractivity contribution in [2.75, 3.05) is 53.6 Å². The molecule has 0 spiro atoms. The Morgan fingerprint density at radius 1 is 0.477 bits per heavy atom. The Hall–Kier alpha value is -9.55. The minimum Gasteiger partial charge on any atom is -0.495 e. The van der Waals surface area contributed by atoms with Gasteiger partial charge in [0.15, 0.2) is 47.0 Å². The van der Waals surface area contributed by atoms with Gasteiger partial charge in [0.2, 0.25) is 23.0 Å². The number of halogens is 10. The molecule has 0 radical (unpaired) electrons. The van der Waals surface area contributed by atoms with Crippen LogP contribution in [0.2, 0.25) is 20.4 Å². The number of sulfone groups is 3. The van der Waals surface area contributed by atoms with Crippen LogP contribution in [0.15, 0.2) is 142 Å². The van der Waals surface area contributed by atoms with Gasteiger partial charge < -0.3 is 57.6 Å². The van der Waals surface area contributed by atoms with Crippen molar-refractivity contribution in [2.24, 2.45) is 5.73 Å². The highest BCUT2D eigenvalue weighted by Crippen LogP contribution is 2.38. The second-order valence-electron chi connectivity index (χ2n) is 24.3. The Labute approximate surface area is 646 Å². The van der Waals surface area contributed by atoms with Crippen molar-refractivity contribution < 1.29 is 75.4 Å². The molecule has 0 fully saturated rings. The molecular formula is C71H78Cl4F6N14O11S3. The summed E-state index contributed by atoms with van der Waals surface area (Å²) in [5.74, 6) is -1.52. The van der Waals surface area contributed by atoms with Crippen LogP contribution in [0.5, 0.6) is 17.2 Å². The monoisotopic (exact) mass is 1650 g/mol. The molecule has 0 aliphatic rings. The number of carbonyl (C=O) groups is 2. The molecule has 3 aromatic heterocycles. The lowest BCUT2D eigenvalue weighted by atomic mass is 10.0. The number of ketones is 1. The van der Waals surface area contributed by atoms with E-state index in [9.17, 15) is 61.2 Å². The summed E-state index contributed by atoms with van der Waals surface area (Å²) in [6.45, 7) is 15.1. The van der Waals surface area contributed by atoms with Gasteiger partial charge in [-0.1, -0.05) is 71.2 Å². The number of methoxy groups -OCH3 is 3. The first-order chi connectivity index (χ1) is 51.0. The second-order valence-corrected chi connectivity index (χ2v) is 33.3. The predicted octanol–water partition coefficient (Wildman–Crippen LogP) is 16.2. The fraction of sp³-hybridized carbons (Fsp3) is 0.296. The molecule has 3 heterocycles. The van der Waals surface area contributed by atoms with Gasteiger partial charge in [-0.25, -0.2) is 40.2 Å². The molecule has 0 aliphatic heterocycles. The van der Waals surface area contributed by atoms with E-state index < -0.39 is 75.7 Å². The van der Waals surface area contributed by atoms with Gasteiger partial charge in [-0.3, -0.25) is 9.59 Å². The number of nitrogens with zero attached hydrogens (tertiary/aromatic N) is 6. The first-order valence-electron chi connectivity index (χ1n) is 32.5. The summed E-state index contributed by atoms with van der Waals surface area (Å²) in [6, 6.07) is 29.6. The van der Waals surface area contributed by atoms with Crippen molar-refractivity contribution in [3.63, 3.8) is 0 Å². The molecule has 0 atom stereocenters. The number of nitrogens with one attached hydrogen (secondary N) is 6. The molecule has 10 N–H and O–H groups in total. The molecule has 586 valence electrons. The molecule has 38 heteroatoms. The van der Waals surface area contributed by atoms with Crippen LogP contribution >= 0.6 is 46.4 Å². The summed E-state index contributed by atoms with van der Waals surface area (Å²) in [4.78, 5) is 47.3. The number of alkyl halides is 6. The lowest BCUT2D eigenvalue weighted by Gasteiger charge is -2.17. The van der Waals surface area contributed by atoms with E-state index in [4.69, 9.17) is 72.1 Å². The average molecular weight is 1660 g/mol. The van der Waals surface area contributed by atoms with E-state index in [0.717, 1.165) is 16.7 Å². The quantitative estimate of drug-likeness (QED) is 0.0150. The van der Waals surface area contributed by atoms with E-state index in [1.807, 2.05) is 24.4 Å². The van der Waals surface area contributed by atoms with Gasteiger partial charge >= 0.3 is 18.3 Å². The third kappa shape index (κ3) is 23.7. The third-order valence-electron chi connectivity index (χ3n) is 15.8. The van der Waals surface area contributed by atoms with Crippen LogP contribution in [0.4, 0.5) is 89.8 Å². The van der Waals surface area contributed by atoms with E-state index in [-0.39, 0.29) is 88.8 Å². The average Bonchev–Trinajstić information content (AvgIpc) is 0.806. The van der Waals surface area contributed by atoms with Gasteiger partial charge in [0.05, 0.1) is 104 Å². The zero-order chi connectivity index (χ0) is 81.3. The maximum absolute atomic E-state index is 12.8. The molecule has 9 aromatic rings. The minimum absolute atomic E-state index is 0.0147. The zero-order valence-electron chi connectivity index (χ0n) is 60.5. The van der Waals surface area contributed by atoms with Crippen LogP contribution in [0.25, 0.3) is 0 Å². The first-order valence-corrected chi connectivity index (χ1v) is 38.6. The normalized spacial score (nSPS) is 11.6. The van der Waals surface area contributed by atoms with Crippen molar-refractivity contribution in [3.05, 3.63) is 182 Å². The molecular weight excluding hydrogens is 1580 g/mol. The van der Waals surface area contributed by atoms with Crippen molar-refractivity contribution >= 4 is 151 Å². The number of aryl methyl sites for hydroxylation is 4. The molecule has 1 amide bonds. The highest BCUT2D eigenvalue weighted by Gasteiger charge is 2.39. The molecule has 0 saturated heterocycles. The maximum atomic E-state index is 12.8. The molecule has 6 aromatic carbocycles. The topological polar surface area (TPSA) is 366 Å². The number of Topliss-reactive ketones (excluding diaryl/α,β-unsaturated/α-hetero) is 1. The number of hydrogen-bond acceptors (Lipinski definition) is 24. The number of aromatic nitrogens is 6. The Bertz CT molecular complexity index is 5110. The standard InChI is InChI=1S/C24H25ClF3N5O4S.C22H26ClN5O3S.C13H13Cl2N3O2S.C12H14F3NO2/c1-13(2)38(35,36)20-8-6-5-7-17(20)31-21-16(25)12-30-23(33-21)32-18-9-14(3)15(10-19(18)37-4)11-29-22(34)24(26,27)28;1-13(2)32(29,30)20-8-6-5-7-17(20)26-21-16(23)12-25-22(28-21)27-18-9-14(3)15(11-24)10-19(18)31-4;1-8(2)21(19,20)11-6-4-3-5-10(11)17-12-9(14)7-16-13(15)18-12;1-7-5-9(16)10(18-2)6-8(7)3-4-11(17)12(13,14)15/h5-10,12-13H,11H2,1-4H3,(H,29,34)(H2,30,31,32,33);5-10,12-13H,11,24H2,1-4H3,(H2,25,26,27,28);3-8H,1-2H3,(H,16,17,18);5-6H,3-4,16H2,1-2H3. The van der Waals surface area contributed by atoms with Gasteiger partial charge in [0.1, 0.15) is 32.3 Å². The molecule has 25 nitrogen and oxygen atoms in total. The summed E-state index contributed by atoms with van der Waals surface area (Å²) in [5.41, 5.74) is 18.3. The number of para-hydroxylation sites is 3. The van der Waals surface area contributed by atoms with E-state index in [0.29, 0.717) is 63.2 Å². The summed E-state index contributed by atoms with van der Waals surface area (Å²) in [6.07, 6.45) is -6.22. The summed E-state index contributed by atoms with van der Waals surface area (Å²) < 4.78 is 165. The van der Waals surface area contributed by atoms with Gasteiger partial charge in [-0.05, 0) is 187 Å². The van der Waals surface area contributed by atoms with Crippen LogP contribution in [0.1, 0.15) is 81.3 Å². The largest absolute Gasteiger partial charge is 0.495 e. The highest BCUT2D eigenvalue weighted by molar-refractivity contribution is 7.92. The smallest absolute Gasteiger partial charge is 0.471 e. The van der Waals surface area contributed by atoms with Crippen LogP contribution in [-0.2, 0) is 58.6 Å². The van der Waals surface area contributed by atoms with Gasteiger partial charge in [-0.2, -0.15) is 41.3 Å². The Balaban J connectivity index is 0.000000237. The predicted molar refractivity (Wildman–Crippen MR) is 412 cm³/mol. The Morgan fingerprint density at radius 2 is 0.835 bits per heavy atom. The molecule has 0 saturated carbocycles. The number of carbonyl (C=O) groups excluding carboxylic acids is 2. The van der Waals surface area contributed by atoms with Gasteiger partial charge in [0, 0.05) is 19.5 Å². The molecule has 0 bridgehead atoms.